The van der Waals surface area contributed by atoms with Crippen LogP contribution in [0, 0.1) is 32.4 Å². The predicted molar refractivity (Wildman–Crippen MR) is 130 cm³/mol. The molecule has 0 radical (unpaired) electrons. The lowest BCUT2D eigenvalue weighted by atomic mass is 9.98. The fraction of sp³-hybridized carbons (Fsp3) is 0.120. The van der Waals surface area contributed by atoms with Gasteiger partial charge in [-0.1, -0.05) is 5.16 Å². The van der Waals surface area contributed by atoms with Crippen LogP contribution in [0.1, 0.15) is 17.1 Å². The van der Waals surface area contributed by atoms with Crippen LogP contribution in [0.3, 0.4) is 0 Å². The fourth-order valence-electron chi connectivity index (χ4n) is 4.12. The normalized spacial score (nSPS) is 12.2. The summed E-state index contributed by atoms with van der Waals surface area (Å²) in [4.78, 5) is 4.19. The summed E-state index contributed by atoms with van der Waals surface area (Å²) >= 11 is -2.76. The zero-order chi connectivity index (χ0) is 26.4. The van der Waals surface area contributed by atoms with Gasteiger partial charge in [0.2, 0.25) is 0 Å². The van der Waals surface area contributed by atoms with Crippen molar-refractivity contribution in [2.24, 2.45) is 0 Å². The Labute approximate surface area is 212 Å². The van der Waals surface area contributed by atoms with Gasteiger partial charge in [0.05, 0.1) is 22.6 Å². The first-order chi connectivity index (χ1) is 17.7. The molecule has 0 saturated carbocycles. The van der Waals surface area contributed by atoms with Gasteiger partial charge in [-0.05, 0) is 68.8 Å². The number of hydrogen-bond acceptors (Lipinski definition) is 7. The summed E-state index contributed by atoms with van der Waals surface area (Å²) in [5.41, 5.74) is 2.68. The SMILES string of the molecule is Cc1noc(C)c1N(c1ccc(Oc2ccc(F)cc2F)c(-c2cc(C)n(O)c3nccc2-3)c1)S(=O)[O-]. The van der Waals surface area contributed by atoms with Gasteiger partial charge >= 0.3 is 0 Å². The molecular formula is C25H19F2N4O5S-. The van der Waals surface area contributed by atoms with Crippen LogP contribution in [0.15, 0.2) is 59.3 Å². The third kappa shape index (κ3) is 4.30. The molecule has 2 aromatic carbocycles. The number of aromatic nitrogens is 3. The molecule has 0 fully saturated rings. The lowest BCUT2D eigenvalue weighted by Gasteiger charge is -2.27. The van der Waals surface area contributed by atoms with E-state index in [4.69, 9.17) is 9.26 Å². The van der Waals surface area contributed by atoms with E-state index in [0.29, 0.717) is 34.1 Å². The highest BCUT2D eigenvalue weighted by Crippen LogP contribution is 2.44. The first-order valence-electron chi connectivity index (χ1n) is 10.9. The fourth-order valence-corrected chi connectivity index (χ4v) is 4.82. The molecule has 0 spiro atoms. The molecule has 9 nitrogen and oxygen atoms in total. The third-order valence-corrected chi connectivity index (χ3v) is 6.50. The van der Waals surface area contributed by atoms with Gasteiger partial charge in [0.1, 0.15) is 22.9 Å². The molecule has 1 atom stereocenters. The highest BCUT2D eigenvalue weighted by atomic mass is 32.2. The molecule has 3 aromatic rings. The molecule has 12 heteroatoms. The van der Waals surface area contributed by atoms with Crippen LogP contribution in [-0.4, -0.2) is 28.8 Å². The van der Waals surface area contributed by atoms with Crippen molar-refractivity contribution >= 4 is 22.6 Å². The van der Waals surface area contributed by atoms with E-state index in [1.54, 1.807) is 39.0 Å². The standard InChI is InChI=1S/C25H20F2N4O5S/c1-13-10-19(18-8-9-28-25(18)30(13)32)20-12-17(31(37(33)34)24-14(2)29-36-15(24)3)5-7-22(20)35-23-6-4-16(26)11-21(23)27/h4-12,32H,1-3H3,(H,33,34)/p-1. The molecule has 0 aliphatic carbocycles. The third-order valence-electron chi connectivity index (χ3n) is 5.81. The molecule has 2 aliphatic rings. The zero-order valence-electron chi connectivity index (χ0n) is 19.7. The van der Waals surface area contributed by atoms with Gasteiger partial charge in [-0.15, -0.1) is 0 Å². The van der Waals surface area contributed by atoms with Crippen molar-refractivity contribution in [3.63, 3.8) is 0 Å². The Hall–Kier alpha value is -4.29. The van der Waals surface area contributed by atoms with E-state index in [1.165, 1.54) is 18.3 Å². The molecule has 0 amide bonds. The minimum absolute atomic E-state index is 0.155. The Bertz CT molecular complexity index is 1610. The van der Waals surface area contributed by atoms with Crippen molar-refractivity contribution in [1.29, 1.82) is 0 Å². The number of hydrogen-bond donors (Lipinski definition) is 1. The molecule has 190 valence electrons. The van der Waals surface area contributed by atoms with Crippen LogP contribution in [0.2, 0.25) is 0 Å². The van der Waals surface area contributed by atoms with Crippen molar-refractivity contribution in [2.45, 2.75) is 20.8 Å². The monoisotopic (exact) mass is 525 g/mol. The van der Waals surface area contributed by atoms with Crippen LogP contribution in [0.25, 0.3) is 22.5 Å². The van der Waals surface area contributed by atoms with Crippen LogP contribution in [0.5, 0.6) is 11.5 Å². The Morgan fingerprint density at radius 1 is 1.03 bits per heavy atom. The highest BCUT2D eigenvalue weighted by Gasteiger charge is 2.24. The summed E-state index contributed by atoms with van der Waals surface area (Å²) < 4.78 is 65.6. The molecule has 0 saturated heterocycles. The van der Waals surface area contributed by atoms with E-state index in [2.05, 4.69) is 10.1 Å². The van der Waals surface area contributed by atoms with Crippen LogP contribution in [-0.2, 0) is 11.3 Å². The lowest BCUT2D eigenvalue weighted by molar-refractivity contribution is 0.180. The smallest absolute Gasteiger partial charge is 0.176 e. The minimum Gasteiger partial charge on any atom is -0.755 e. The number of ether oxygens (including phenoxy) is 1. The van der Waals surface area contributed by atoms with Gasteiger partial charge in [-0.25, -0.2) is 13.8 Å². The number of aryl methyl sites for hydroxylation is 3. The summed E-state index contributed by atoms with van der Waals surface area (Å²) in [6.07, 6.45) is 1.51. The van der Waals surface area contributed by atoms with E-state index < -0.39 is 22.9 Å². The largest absolute Gasteiger partial charge is 0.755 e. The maximum absolute atomic E-state index is 14.5. The van der Waals surface area contributed by atoms with Crippen LogP contribution in [0.4, 0.5) is 20.2 Å². The number of anilines is 2. The van der Waals surface area contributed by atoms with Gasteiger partial charge in [0.15, 0.2) is 23.2 Å². The molecule has 5 rings (SSSR count). The van der Waals surface area contributed by atoms with Gasteiger partial charge < -0.3 is 19.0 Å². The predicted octanol–water partition coefficient (Wildman–Crippen LogP) is 5.81. The Morgan fingerprint density at radius 3 is 2.46 bits per heavy atom. The second kappa shape index (κ2) is 9.30. The lowest BCUT2D eigenvalue weighted by Crippen LogP contribution is -2.20. The molecule has 2 aliphatic heterocycles. The van der Waals surface area contributed by atoms with Crippen molar-refractivity contribution in [3.8, 4) is 34.0 Å². The number of benzene rings is 2. The zero-order valence-corrected chi connectivity index (χ0v) is 20.5. The van der Waals surface area contributed by atoms with E-state index in [-0.39, 0.29) is 34.5 Å². The quantitative estimate of drug-likeness (QED) is 0.220. The summed E-state index contributed by atoms with van der Waals surface area (Å²) in [5.74, 6) is -1.20. The van der Waals surface area contributed by atoms with Crippen LogP contribution >= 0.6 is 0 Å². The molecule has 1 aromatic heterocycles. The molecular weight excluding hydrogens is 506 g/mol. The Balaban J connectivity index is 1.74. The van der Waals surface area contributed by atoms with Gasteiger partial charge in [0, 0.05) is 23.4 Å². The van der Waals surface area contributed by atoms with Gasteiger partial charge in [0.25, 0.3) is 0 Å². The summed E-state index contributed by atoms with van der Waals surface area (Å²) in [6.45, 7) is 4.86. The second-order valence-corrected chi connectivity index (χ2v) is 9.03. The number of rotatable bonds is 6. The van der Waals surface area contributed by atoms with Crippen LogP contribution < -0.4 is 9.04 Å². The molecule has 1 N–H and O–H groups in total. The maximum atomic E-state index is 14.5. The van der Waals surface area contributed by atoms with Crippen molar-refractivity contribution in [3.05, 3.63) is 83.5 Å². The first kappa shape index (κ1) is 24.4. The Kier molecular flexibility index (Phi) is 6.13. The molecule has 1 unspecified atom stereocenters. The van der Waals surface area contributed by atoms with E-state index in [9.17, 15) is 22.7 Å². The number of fused-ring (bicyclic) bond motifs is 1. The van der Waals surface area contributed by atoms with E-state index in [0.717, 1.165) is 21.2 Å². The first-order valence-corrected chi connectivity index (χ1v) is 11.9. The van der Waals surface area contributed by atoms with Gasteiger partial charge in [-0.2, -0.15) is 4.73 Å². The van der Waals surface area contributed by atoms with E-state index >= 15 is 0 Å². The average Bonchev–Trinajstić information content (AvgIpc) is 3.47. The maximum Gasteiger partial charge on any atom is 0.176 e. The molecule has 0 bridgehead atoms. The number of halogens is 2. The summed E-state index contributed by atoms with van der Waals surface area (Å²) in [7, 11) is 0. The second-order valence-electron chi connectivity index (χ2n) is 8.23. The Morgan fingerprint density at radius 2 is 1.78 bits per heavy atom. The van der Waals surface area contributed by atoms with Crippen molar-refractivity contribution < 1.29 is 32.0 Å². The van der Waals surface area contributed by atoms with Gasteiger partial charge in [-0.3, -0.25) is 8.51 Å². The number of nitrogens with zero attached hydrogens (tertiary/aromatic N) is 4. The summed E-state index contributed by atoms with van der Waals surface area (Å²) in [5, 5.41) is 14.3. The van der Waals surface area contributed by atoms with E-state index in [1.807, 2.05) is 0 Å². The molecule has 3 heterocycles. The topological polar surface area (TPSA) is 117 Å². The average molecular weight is 526 g/mol. The molecule has 37 heavy (non-hydrogen) atoms. The number of pyridine rings is 1. The van der Waals surface area contributed by atoms with Crippen molar-refractivity contribution in [2.75, 3.05) is 4.31 Å². The minimum atomic E-state index is -2.76. The van der Waals surface area contributed by atoms with Crippen molar-refractivity contribution in [1.82, 2.24) is 14.9 Å². The summed E-state index contributed by atoms with van der Waals surface area (Å²) in [6, 6.07) is 10.7. The highest BCUT2D eigenvalue weighted by molar-refractivity contribution is 7.81.